The molecule has 1 fully saturated rings. The number of hydrogen-bond acceptors (Lipinski definition) is 2. The lowest BCUT2D eigenvalue weighted by atomic mass is 9.99. The Kier molecular flexibility index (Phi) is 4.78. The fourth-order valence-electron chi connectivity index (χ4n) is 2.23. The molecule has 0 radical (unpaired) electrons. The molecule has 1 heterocycles. The van der Waals surface area contributed by atoms with Gasteiger partial charge in [-0.2, -0.15) is 0 Å². The zero-order valence-electron chi connectivity index (χ0n) is 10.6. The Balaban J connectivity index is 1.90. The van der Waals surface area contributed by atoms with Crippen LogP contribution >= 0.6 is 15.9 Å². The summed E-state index contributed by atoms with van der Waals surface area (Å²) in [7, 11) is 0. The van der Waals surface area contributed by atoms with Gasteiger partial charge in [-0.05, 0) is 72.4 Å². The molecular formula is C14H19BrN2O. The van der Waals surface area contributed by atoms with Gasteiger partial charge in [0.1, 0.15) is 0 Å². The first-order chi connectivity index (χ1) is 8.66. The molecule has 3 nitrogen and oxygen atoms in total. The van der Waals surface area contributed by atoms with Gasteiger partial charge in [-0.25, -0.2) is 0 Å². The van der Waals surface area contributed by atoms with E-state index in [1.54, 1.807) is 0 Å². The van der Waals surface area contributed by atoms with Gasteiger partial charge >= 0.3 is 0 Å². The lowest BCUT2D eigenvalue weighted by Gasteiger charge is -2.23. The minimum absolute atomic E-state index is 0.00690. The molecule has 2 N–H and O–H groups in total. The van der Waals surface area contributed by atoms with Crippen LogP contribution in [0.4, 0.5) is 0 Å². The fraction of sp³-hybridized carbons (Fsp3) is 0.500. The molecule has 1 unspecified atom stereocenters. The van der Waals surface area contributed by atoms with Crippen LogP contribution in [0.2, 0.25) is 0 Å². The summed E-state index contributed by atoms with van der Waals surface area (Å²) in [6.45, 7) is 4.88. The molecule has 2 rings (SSSR count). The highest BCUT2D eigenvalue weighted by molar-refractivity contribution is 9.10. The molecule has 98 valence electrons. The van der Waals surface area contributed by atoms with Gasteiger partial charge in [-0.3, -0.25) is 4.79 Å². The van der Waals surface area contributed by atoms with E-state index in [2.05, 4.69) is 26.6 Å². The monoisotopic (exact) mass is 310 g/mol. The van der Waals surface area contributed by atoms with Crippen molar-refractivity contribution in [2.75, 3.05) is 19.6 Å². The maximum absolute atomic E-state index is 12.1. The SMILES string of the molecule is Cc1ccc(C(=O)NCC2CCCNC2)c(Br)c1. The van der Waals surface area contributed by atoms with Gasteiger partial charge in [-0.1, -0.05) is 6.07 Å². The Morgan fingerprint density at radius 1 is 1.56 bits per heavy atom. The zero-order valence-corrected chi connectivity index (χ0v) is 12.2. The van der Waals surface area contributed by atoms with Gasteiger partial charge in [0.25, 0.3) is 5.91 Å². The van der Waals surface area contributed by atoms with Crippen LogP contribution < -0.4 is 10.6 Å². The molecule has 4 heteroatoms. The Labute approximate surface area is 116 Å². The van der Waals surface area contributed by atoms with Gasteiger partial charge < -0.3 is 10.6 Å². The van der Waals surface area contributed by atoms with E-state index in [0.717, 1.165) is 29.7 Å². The van der Waals surface area contributed by atoms with Crippen molar-refractivity contribution in [1.82, 2.24) is 10.6 Å². The van der Waals surface area contributed by atoms with Crippen LogP contribution in [0.15, 0.2) is 22.7 Å². The highest BCUT2D eigenvalue weighted by atomic mass is 79.9. The predicted molar refractivity (Wildman–Crippen MR) is 76.8 cm³/mol. The Hall–Kier alpha value is -0.870. The Morgan fingerprint density at radius 3 is 3.06 bits per heavy atom. The normalized spacial score (nSPS) is 19.6. The fourth-order valence-corrected chi connectivity index (χ4v) is 2.91. The number of benzene rings is 1. The van der Waals surface area contributed by atoms with E-state index < -0.39 is 0 Å². The van der Waals surface area contributed by atoms with Crippen molar-refractivity contribution in [3.63, 3.8) is 0 Å². The second kappa shape index (κ2) is 6.34. The minimum Gasteiger partial charge on any atom is -0.352 e. The van der Waals surface area contributed by atoms with Gasteiger partial charge in [0.2, 0.25) is 0 Å². The summed E-state index contributed by atoms with van der Waals surface area (Å²) >= 11 is 3.44. The van der Waals surface area contributed by atoms with E-state index in [-0.39, 0.29) is 5.91 Å². The molecule has 1 aliphatic rings. The molecule has 1 aromatic carbocycles. The average molecular weight is 311 g/mol. The second-order valence-electron chi connectivity index (χ2n) is 4.91. The molecule has 0 saturated carbocycles. The van der Waals surface area contributed by atoms with Gasteiger partial charge in [-0.15, -0.1) is 0 Å². The Bertz CT molecular complexity index is 428. The Morgan fingerprint density at radius 2 is 2.39 bits per heavy atom. The van der Waals surface area contributed by atoms with Crippen molar-refractivity contribution < 1.29 is 4.79 Å². The number of piperidine rings is 1. The average Bonchev–Trinajstić information content (AvgIpc) is 2.37. The molecule has 0 bridgehead atoms. The van der Waals surface area contributed by atoms with E-state index >= 15 is 0 Å². The quantitative estimate of drug-likeness (QED) is 0.900. The van der Waals surface area contributed by atoms with E-state index in [4.69, 9.17) is 0 Å². The van der Waals surface area contributed by atoms with Gasteiger partial charge in [0.05, 0.1) is 5.56 Å². The summed E-state index contributed by atoms with van der Waals surface area (Å²) < 4.78 is 0.863. The van der Waals surface area contributed by atoms with E-state index in [9.17, 15) is 4.79 Å². The van der Waals surface area contributed by atoms with Crippen molar-refractivity contribution in [3.05, 3.63) is 33.8 Å². The highest BCUT2D eigenvalue weighted by Gasteiger charge is 2.15. The molecule has 0 spiro atoms. The lowest BCUT2D eigenvalue weighted by molar-refractivity contribution is 0.0944. The molecule has 1 atom stereocenters. The summed E-state index contributed by atoms with van der Waals surface area (Å²) in [4.78, 5) is 12.1. The summed E-state index contributed by atoms with van der Waals surface area (Å²) in [6, 6.07) is 5.80. The predicted octanol–water partition coefficient (Wildman–Crippen LogP) is 2.49. The van der Waals surface area contributed by atoms with E-state index in [1.807, 2.05) is 25.1 Å². The van der Waals surface area contributed by atoms with Crippen molar-refractivity contribution in [1.29, 1.82) is 0 Å². The van der Waals surface area contributed by atoms with Crippen LogP contribution in [0.1, 0.15) is 28.8 Å². The first-order valence-corrected chi connectivity index (χ1v) is 7.21. The maximum Gasteiger partial charge on any atom is 0.252 e. The molecular weight excluding hydrogens is 292 g/mol. The molecule has 1 amide bonds. The highest BCUT2D eigenvalue weighted by Crippen LogP contribution is 2.18. The molecule has 18 heavy (non-hydrogen) atoms. The molecule has 0 aliphatic carbocycles. The number of aryl methyl sites for hydroxylation is 1. The number of nitrogens with one attached hydrogen (secondary N) is 2. The van der Waals surface area contributed by atoms with Crippen LogP contribution in [0.25, 0.3) is 0 Å². The van der Waals surface area contributed by atoms with Crippen molar-refractivity contribution in [2.24, 2.45) is 5.92 Å². The topological polar surface area (TPSA) is 41.1 Å². The third-order valence-electron chi connectivity index (χ3n) is 3.32. The first-order valence-electron chi connectivity index (χ1n) is 6.42. The number of hydrogen-bond donors (Lipinski definition) is 2. The zero-order chi connectivity index (χ0) is 13.0. The largest absolute Gasteiger partial charge is 0.352 e. The summed E-state index contributed by atoms with van der Waals surface area (Å²) in [6.07, 6.45) is 2.40. The number of amides is 1. The summed E-state index contributed by atoms with van der Waals surface area (Å²) in [5.74, 6) is 0.569. The van der Waals surface area contributed by atoms with Crippen LogP contribution in [0.3, 0.4) is 0 Å². The van der Waals surface area contributed by atoms with Crippen LogP contribution in [-0.4, -0.2) is 25.5 Å². The third kappa shape index (κ3) is 3.56. The van der Waals surface area contributed by atoms with Crippen LogP contribution in [0, 0.1) is 12.8 Å². The van der Waals surface area contributed by atoms with Gasteiger partial charge in [0, 0.05) is 11.0 Å². The number of carbonyl (C=O) groups excluding carboxylic acids is 1. The smallest absolute Gasteiger partial charge is 0.252 e. The molecule has 1 aliphatic heterocycles. The van der Waals surface area contributed by atoms with Gasteiger partial charge in [0.15, 0.2) is 0 Å². The van der Waals surface area contributed by atoms with Crippen molar-refractivity contribution in [2.45, 2.75) is 19.8 Å². The summed E-state index contributed by atoms with van der Waals surface area (Å²) in [5, 5.41) is 6.38. The molecule has 0 aromatic heterocycles. The molecule has 1 aromatic rings. The van der Waals surface area contributed by atoms with Crippen molar-refractivity contribution in [3.8, 4) is 0 Å². The van der Waals surface area contributed by atoms with E-state index in [1.165, 1.54) is 12.8 Å². The first kappa shape index (κ1) is 13.6. The van der Waals surface area contributed by atoms with Crippen molar-refractivity contribution >= 4 is 21.8 Å². The number of halogens is 1. The maximum atomic E-state index is 12.1. The second-order valence-corrected chi connectivity index (χ2v) is 5.76. The van der Waals surface area contributed by atoms with E-state index in [0.29, 0.717) is 11.5 Å². The number of carbonyl (C=O) groups is 1. The third-order valence-corrected chi connectivity index (χ3v) is 3.98. The lowest BCUT2D eigenvalue weighted by Crippen LogP contribution is -2.38. The molecule has 1 saturated heterocycles. The number of rotatable bonds is 3. The van der Waals surface area contributed by atoms with Crippen LogP contribution in [-0.2, 0) is 0 Å². The summed E-state index contributed by atoms with van der Waals surface area (Å²) in [5.41, 5.74) is 1.86. The van der Waals surface area contributed by atoms with Crippen LogP contribution in [0.5, 0.6) is 0 Å². The standard InChI is InChI=1S/C14H19BrN2O/c1-10-4-5-12(13(15)7-10)14(18)17-9-11-3-2-6-16-8-11/h4-5,7,11,16H,2-3,6,8-9H2,1H3,(H,17,18). The minimum atomic E-state index is 0.00690.